The van der Waals surface area contributed by atoms with E-state index < -0.39 is 0 Å². The zero-order chi connectivity index (χ0) is 22.3. The van der Waals surface area contributed by atoms with E-state index in [0.29, 0.717) is 34.4 Å². The topological polar surface area (TPSA) is 108 Å². The normalized spacial score (nSPS) is 13.5. The van der Waals surface area contributed by atoms with Gasteiger partial charge in [0.1, 0.15) is 11.4 Å². The lowest BCUT2D eigenvalue weighted by Crippen LogP contribution is -2.43. The first-order valence-electron chi connectivity index (χ1n) is 10.2. The van der Waals surface area contributed by atoms with E-state index in [0.717, 1.165) is 43.7 Å². The van der Waals surface area contributed by atoms with Crippen LogP contribution in [-0.4, -0.2) is 55.5 Å². The molecule has 10 heteroatoms. The van der Waals surface area contributed by atoms with Crippen LogP contribution in [0.4, 0.5) is 16.5 Å². The number of hydrogen-bond donors (Lipinski definition) is 3. The summed E-state index contributed by atoms with van der Waals surface area (Å²) in [5.74, 6) is 0.226. The Bertz CT molecular complexity index is 1100. The minimum Gasteiger partial charge on any atom is -0.496 e. The third-order valence-corrected chi connectivity index (χ3v) is 5.97. The van der Waals surface area contributed by atoms with Crippen LogP contribution in [-0.2, 0) is 6.54 Å². The lowest BCUT2D eigenvalue weighted by Gasteiger charge is -2.30. The smallest absolute Gasteiger partial charge is 0.275 e. The van der Waals surface area contributed by atoms with Crippen LogP contribution in [0.5, 0.6) is 5.75 Å². The number of nitrogens with one attached hydrogen (secondary N) is 3. The molecule has 0 radical (unpaired) electrons. The largest absolute Gasteiger partial charge is 0.496 e. The molecule has 2 aromatic heterocycles. The first kappa shape index (κ1) is 21.7. The molecule has 4 rings (SSSR count). The molecule has 166 valence electrons. The number of carbonyl (C=O) groups is 2. The van der Waals surface area contributed by atoms with Gasteiger partial charge < -0.3 is 25.6 Å². The molecule has 0 spiro atoms. The van der Waals surface area contributed by atoms with Crippen LogP contribution in [0.25, 0.3) is 0 Å². The summed E-state index contributed by atoms with van der Waals surface area (Å²) in [5, 5.41) is 11.7. The summed E-state index contributed by atoms with van der Waals surface area (Å²) in [4.78, 5) is 35.0. The van der Waals surface area contributed by atoms with E-state index in [2.05, 4.69) is 30.8 Å². The van der Waals surface area contributed by atoms with Gasteiger partial charge in [0.15, 0.2) is 11.4 Å². The Morgan fingerprint density at radius 1 is 1.31 bits per heavy atom. The Morgan fingerprint density at radius 3 is 2.94 bits per heavy atom. The summed E-state index contributed by atoms with van der Waals surface area (Å²) >= 11 is 1.33. The molecule has 1 aliphatic rings. The average molecular weight is 453 g/mol. The van der Waals surface area contributed by atoms with Crippen molar-refractivity contribution >= 4 is 40.0 Å². The lowest BCUT2D eigenvalue weighted by atomic mass is 10.1. The van der Waals surface area contributed by atoms with Gasteiger partial charge in [-0.25, -0.2) is 4.98 Å². The standard InChI is InChI=1S/C22H24N6O3S/c1-31-20-4-2-3-15(16(20)13-29)11-25-22-27-18(14-32-22)21(30)26-17-12-24-6-5-19(17)28-9-7-23-8-10-28/h2-6,12-14,23H,7-11H2,1H3,(H,25,27)(H,26,30). The molecule has 0 bridgehead atoms. The van der Waals surface area contributed by atoms with Gasteiger partial charge >= 0.3 is 0 Å². The highest BCUT2D eigenvalue weighted by molar-refractivity contribution is 7.13. The zero-order valence-electron chi connectivity index (χ0n) is 17.6. The summed E-state index contributed by atoms with van der Waals surface area (Å²) in [6, 6.07) is 7.33. The molecule has 1 fully saturated rings. The number of carbonyl (C=O) groups excluding carboxylic acids is 2. The van der Waals surface area contributed by atoms with Gasteiger partial charge in [0.2, 0.25) is 0 Å². The zero-order valence-corrected chi connectivity index (χ0v) is 18.4. The number of rotatable bonds is 8. The number of nitrogens with zero attached hydrogens (tertiary/aromatic N) is 3. The minimum absolute atomic E-state index is 0.298. The number of anilines is 3. The molecule has 1 aliphatic heterocycles. The number of aldehydes is 1. The summed E-state index contributed by atoms with van der Waals surface area (Å²) < 4.78 is 5.24. The molecule has 1 amide bonds. The van der Waals surface area contributed by atoms with Gasteiger partial charge in [0.25, 0.3) is 5.91 Å². The fourth-order valence-electron chi connectivity index (χ4n) is 3.54. The summed E-state index contributed by atoms with van der Waals surface area (Å²) in [7, 11) is 1.53. The molecule has 0 atom stereocenters. The van der Waals surface area contributed by atoms with Gasteiger partial charge in [-0.2, -0.15) is 0 Å². The Hall–Kier alpha value is -3.50. The van der Waals surface area contributed by atoms with Crippen LogP contribution in [0.1, 0.15) is 26.4 Å². The number of methoxy groups -OCH3 is 1. The number of amides is 1. The van der Waals surface area contributed by atoms with Crippen molar-refractivity contribution < 1.29 is 14.3 Å². The summed E-state index contributed by atoms with van der Waals surface area (Å²) in [6.07, 6.45) is 4.16. The van der Waals surface area contributed by atoms with Crippen LogP contribution >= 0.6 is 11.3 Å². The first-order valence-corrected chi connectivity index (χ1v) is 11.1. The van der Waals surface area contributed by atoms with Crippen LogP contribution in [0.2, 0.25) is 0 Å². The third-order valence-electron chi connectivity index (χ3n) is 5.17. The van der Waals surface area contributed by atoms with Crippen molar-refractivity contribution in [2.24, 2.45) is 0 Å². The predicted octanol–water partition coefficient (Wildman–Crippen LogP) is 2.63. The van der Waals surface area contributed by atoms with Crippen molar-refractivity contribution in [3.63, 3.8) is 0 Å². The molecule has 3 heterocycles. The molecule has 1 saturated heterocycles. The van der Waals surface area contributed by atoms with Gasteiger partial charge in [-0.15, -0.1) is 11.3 Å². The molecule has 3 N–H and O–H groups in total. The molecule has 32 heavy (non-hydrogen) atoms. The van der Waals surface area contributed by atoms with E-state index in [4.69, 9.17) is 4.74 Å². The van der Waals surface area contributed by atoms with Gasteiger partial charge in [0, 0.05) is 44.3 Å². The fraction of sp³-hybridized carbons (Fsp3) is 0.273. The van der Waals surface area contributed by atoms with E-state index in [1.54, 1.807) is 23.8 Å². The Labute approximate surface area is 189 Å². The molecular weight excluding hydrogens is 428 g/mol. The number of hydrogen-bond acceptors (Lipinski definition) is 9. The van der Waals surface area contributed by atoms with E-state index in [9.17, 15) is 9.59 Å². The van der Waals surface area contributed by atoms with Crippen LogP contribution < -0.4 is 25.6 Å². The SMILES string of the molecule is COc1cccc(CNc2nc(C(=O)Nc3cnccc3N3CCNCC3)cs2)c1C=O. The van der Waals surface area contributed by atoms with E-state index in [1.165, 1.54) is 18.4 Å². The van der Waals surface area contributed by atoms with Gasteiger partial charge in [-0.1, -0.05) is 12.1 Å². The Morgan fingerprint density at radius 2 is 2.16 bits per heavy atom. The summed E-state index contributed by atoms with van der Waals surface area (Å²) in [6.45, 7) is 3.91. The van der Waals surface area contributed by atoms with Gasteiger partial charge in [-0.05, 0) is 17.7 Å². The molecule has 1 aromatic carbocycles. The number of benzene rings is 1. The van der Waals surface area contributed by atoms with Crippen molar-refractivity contribution in [2.45, 2.75) is 6.54 Å². The van der Waals surface area contributed by atoms with E-state index in [1.807, 2.05) is 18.2 Å². The molecule has 0 saturated carbocycles. The second-order valence-electron chi connectivity index (χ2n) is 7.13. The molecule has 0 unspecified atom stereocenters. The van der Waals surface area contributed by atoms with Crippen molar-refractivity contribution in [1.82, 2.24) is 15.3 Å². The van der Waals surface area contributed by atoms with Crippen molar-refractivity contribution in [2.75, 3.05) is 48.8 Å². The fourth-order valence-corrected chi connectivity index (χ4v) is 4.23. The monoisotopic (exact) mass is 452 g/mol. The first-order chi connectivity index (χ1) is 15.7. The van der Waals surface area contributed by atoms with Crippen LogP contribution in [0.3, 0.4) is 0 Å². The number of pyridine rings is 1. The molecular formula is C22H24N6O3S. The maximum absolute atomic E-state index is 12.8. The minimum atomic E-state index is -0.298. The van der Waals surface area contributed by atoms with Crippen molar-refractivity contribution in [3.8, 4) is 5.75 Å². The number of piperazine rings is 1. The quantitative estimate of drug-likeness (QED) is 0.448. The second kappa shape index (κ2) is 10.2. The van der Waals surface area contributed by atoms with E-state index >= 15 is 0 Å². The lowest BCUT2D eigenvalue weighted by molar-refractivity contribution is 0.102. The molecule has 3 aromatic rings. The molecule has 0 aliphatic carbocycles. The van der Waals surface area contributed by atoms with Crippen LogP contribution in [0, 0.1) is 0 Å². The molecule has 9 nitrogen and oxygen atoms in total. The number of aromatic nitrogens is 2. The maximum atomic E-state index is 12.8. The second-order valence-corrected chi connectivity index (χ2v) is 7.98. The van der Waals surface area contributed by atoms with Crippen molar-refractivity contribution in [1.29, 1.82) is 0 Å². The Kier molecular flexibility index (Phi) is 6.93. The Balaban J connectivity index is 1.42. The highest BCUT2D eigenvalue weighted by Gasteiger charge is 2.18. The summed E-state index contributed by atoms with van der Waals surface area (Å²) in [5.41, 5.74) is 3.20. The van der Waals surface area contributed by atoms with E-state index in [-0.39, 0.29) is 5.91 Å². The van der Waals surface area contributed by atoms with Crippen molar-refractivity contribution in [3.05, 3.63) is 58.9 Å². The average Bonchev–Trinajstić information content (AvgIpc) is 3.32. The van der Waals surface area contributed by atoms with Gasteiger partial charge in [0.05, 0.1) is 30.2 Å². The maximum Gasteiger partial charge on any atom is 0.275 e. The highest BCUT2D eigenvalue weighted by Crippen LogP contribution is 2.26. The predicted molar refractivity (Wildman–Crippen MR) is 125 cm³/mol. The van der Waals surface area contributed by atoms with Crippen LogP contribution in [0.15, 0.2) is 42.0 Å². The highest BCUT2D eigenvalue weighted by atomic mass is 32.1. The number of thiazole rings is 1. The third kappa shape index (κ3) is 4.87. The number of ether oxygens (including phenoxy) is 1. The van der Waals surface area contributed by atoms with Gasteiger partial charge in [-0.3, -0.25) is 14.6 Å².